The van der Waals surface area contributed by atoms with E-state index in [-0.39, 0.29) is 5.41 Å². The quantitative estimate of drug-likeness (QED) is 0.310. The predicted molar refractivity (Wildman–Crippen MR) is 124 cm³/mol. The number of hydrogen-bond donors (Lipinski definition) is 1. The second-order valence-electron chi connectivity index (χ2n) is 8.86. The molecule has 2 atom stereocenters. The van der Waals surface area contributed by atoms with E-state index in [2.05, 4.69) is 63.2 Å². The summed E-state index contributed by atoms with van der Waals surface area (Å²) in [4.78, 5) is 0. The van der Waals surface area contributed by atoms with Crippen LogP contribution in [-0.2, 0) is 5.41 Å². The lowest BCUT2D eigenvalue weighted by Crippen LogP contribution is -2.29. The average molecular weight is 378 g/mol. The standard InChI is InChI=1S/C27H39N/c1-4-7-9-12-18-27(20-21(6-3)13-8-5-2)25-15-11-10-14-23(25)24-17-16-22(28)19-26(24)27/h10-11,14-17,19,21H,4-9,12-13,18,20,28H2,1-3H3. The topological polar surface area (TPSA) is 26.0 Å². The minimum Gasteiger partial charge on any atom is -0.399 e. The number of benzene rings is 2. The fourth-order valence-corrected chi connectivity index (χ4v) is 5.35. The van der Waals surface area contributed by atoms with E-state index in [9.17, 15) is 0 Å². The molecule has 0 aromatic heterocycles. The highest BCUT2D eigenvalue weighted by Crippen LogP contribution is 2.55. The van der Waals surface area contributed by atoms with Crippen molar-refractivity contribution in [1.82, 2.24) is 0 Å². The number of unbranched alkanes of at least 4 members (excludes halogenated alkanes) is 4. The lowest BCUT2D eigenvalue weighted by molar-refractivity contribution is 0.311. The maximum absolute atomic E-state index is 6.31. The van der Waals surface area contributed by atoms with Gasteiger partial charge < -0.3 is 5.73 Å². The molecular formula is C27H39N. The van der Waals surface area contributed by atoms with Crippen LogP contribution in [0.2, 0.25) is 0 Å². The van der Waals surface area contributed by atoms with E-state index in [4.69, 9.17) is 5.73 Å². The Morgan fingerprint density at radius 2 is 1.57 bits per heavy atom. The molecule has 2 aromatic carbocycles. The van der Waals surface area contributed by atoms with E-state index in [1.165, 1.54) is 80.9 Å². The molecule has 0 fully saturated rings. The Hall–Kier alpha value is -1.76. The van der Waals surface area contributed by atoms with Gasteiger partial charge in [-0.25, -0.2) is 0 Å². The van der Waals surface area contributed by atoms with Crippen molar-refractivity contribution in [1.29, 1.82) is 0 Å². The summed E-state index contributed by atoms with van der Waals surface area (Å²) >= 11 is 0. The summed E-state index contributed by atoms with van der Waals surface area (Å²) in [5.41, 5.74) is 13.3. The molecule has 1 nitrogen and oxygen atoms in total. The molecule has 0 spiro atoms. The first-order valence-electron chi connectivity index (χ1n) is 11.7. The monoisotopic (exact) mass is 377 g/mol. The number of rotatable bonds is 11. The van der Waals surface area contributed by atoms with Crippen molar-refractivity contribution < 1.29 is 0 Å². The van der Waals surface area contributed by atoms with Gasteiger partial charge in [0.1, 0.15) is 0 Å². The highest BCUT2D eigenvalue weighted by molar-refractivity contribution is 5.82. The summed E-state index contributed by atoms with van der Waals surface area (Å²) in [6.45, 7) is 6.99. The minimum absolute atomic E-state index is 0.142. The van der Waals surface area contributed by atoms with Gasteiger partial charge in [0.05, 0.1) is 0 Å². The fraction of sp³-hybridized carbons (Fsp3) is 0.556. The molecular weight excluding hydrogens is 338 g/mol. The van der Waals surface area contributed by atoms with Crippen molar-refractivity contribution in [3.05, 3.63) is 53.6 Å². The zero-order valence-electron chi connectivity index (χ0n) is 18.3. The number of fused-ring (bicyclic) bond motifs is 3. The van der Waals surface area contributed by atoms with Crippen LogP contribution in [0.5, 0.6) is 0 Å². The van der Waals surface area contributed by atoms with Crippen LogP contribution in [0.1, 0.15) is 96.1 Å². The fourth-order valence-electron chi connectivity index (χ4n) is 5.35. The maximum atomic E-state index is 6.31. The Labute approximate surface area is 172 Å². The van der Waals surface area contributed by atoms with Crippen LogP contribution in [0.25, 0.3) is 11.1 Å². The number of nitrogens with two attached hydrogens (primary N) is 1. The zero-order valence-corrected chi connectivity index (χ0v) is 18.3. The average Bonchev–Trinajstić information content (AvgIpc) is 2.98. The van der Waals surface area contributed by atoms with Crippen molar-refractivity contribution in [3.63, 3.8) is 0 Å². The van der Waals surface area contributed by atoms with Gasteiger partial charge in [-0.3, -0.25) is 0 Å². The van der Waals surface area contributed by atoms with Gasteiger partial charge >= 0.3 is 0 Å². The molecule has 0 saturated heterocycles. The Kier molecular flexibility index (Phi) is 7.21. The summed E-state index contributed by atoms with van der Waals surface area (Å²) in [6.07, 6.45) is 13.1. The molecule has 0 bridgehead atoms. The molecule has 1 aliphatic carbocycles. The minimum atomic E-state index is 0.142. The highest BCUT2D eigenvalue weighted by atomic mass is 14.6. The third kappa shape index (κ3) is 4.14. The molecule has 2 N–H and O–H groups in total. The first-order chi connectivity index (χ1) is 13.7. The first-order valence-corrected chi connectivity index (χ1v) is 11.7. The molecule has 3 rings (SSSR count). The predicted octanol–water partition coefficient (Wildman–Crippen LogP) is 8.11. The summed E-state index contributed by atoms with van der Waals surface area (Å²) in [5.74, 6) is 0.784. The highest BCUT2D eigenvalue weighted by Gasteiger charge is 2.43. The molecule has 0 amide bonds. The summed E-state index contributed by atoms with van der Waals surface area (Å²) in [5, 5.41) is 0. The van der Waals surface area contributed by atoms with Gasteiger partial charge in [0.25, 0.3) is 0 Å². The molecule has 0 heterocycles. The second-order valence-corrected chi connectivity index (χ2v) is 8.86. The lowest BCUT2D eigenvalue weighted by Gasteiger charge is -2.36. The van der Waals surface area contributed by atoms with Gasteiger partial charge in [-0.05, 0) is 53.1 Å². The molecule has 0 saturated carbocycles. The third-order valence-corrected chi connectivity index (χ3v) is 6.93. The van der Waals surface area contributed by atoms with E-state index < -0.39 is 0 Å². The van der Waals surface area contributed by atoms with E-state index in [0.29, 0.717) is 0 Å². The molecule has 152 valence electrons. The largest absolute Gasteiger partial charge is 0.399 e. The Morgan fingerprint density at radius 1 is 0.821 bits per heavy atom. The van der Waals surface area contributed by atoms with Crippen LogP contribution in [0, 0.1) is 5.92 Å². The van der Waals surface area contributed by atoms with Gasteiger partial charge in [0, 0.05) is 11.1 Å². The molecule has 2 aromatic rings. The molecule has 2 unspecified atom stereocenters. The van der Waals surface area contributed by atoms with Crippen LogP contribution in [0.15, 0.2) is 42.5 Å². The van der Waals surface area contributed by atoms with Gasteiger partial charge in [-0.15, -0.1) is 0 Å². The first kappa shape index (κ1) is 21.0. The lowest BCUT2D eigenvalue weighted by atomic mass is 9.67. The van der Waals surface area contributed by atoms with E-state index >= 15 is 0 Å². The molecule has 1 aliphatic rings. The second kappa shape index (κ2) is 9.63. The number of nitrogen functional groups attached to an aromatic ring is 1. The maximum Gasteiger partial charge on any atom is 0.0317 e. The van der Waals surface area contributed by atoms with Crippen LogP contribution in [0.4, 0.5) is 5.69 Å². The van der Waals surface area contributed by atoms with Gasteiger partial charge in [0.2, 0.25) is 0 Å². The van der Waals surface area contributed by atoms with Gasteiger partial charge in [0.15, 0.2) is 0 Å². The number of hydrogen-bond acceptors (Lipinski definition) is 1. The third-order valence-electron chi connectivity index (χ3n) is 6.93. The molecule has 1 heteroatoms. The Balaban J connectivity index is 2.05. The van der Waals surface area contributed by atoms with E-state index in [1.807, 2.05) is 0 Å². The molecule has 28 heavy (non-hydrogen) atoms. The molecule has 0 aliphatic heterocycles. The van der Waals surface area contributed by atoms with Crippen LogP contribution >= 0.6 is 0 Å². The summed E-state index contributed by atoms with van der Waals surface area (Å²) < 4.78 is 0. The summed E-state index contributed by atoms with van der Waals surface area (Å²) in [7, 11) is 0. The summed E-state index contributed by atoms with van der Waals surface area (Å²) in [6, 6.07) is 15.8. The Morgan fingerprint density at radius 3 is 2.32 bits per heavy atom. The van der Waals surface area contributed by atoms with E-state index in [0.717, 1.165) is 11.6 Å². The van der Waals surface area contributed by atoms with Crippen LogP contribution in [-0.4, -0.2) is 0 Å². The van der Waals surface area contributed by atoms with Crippen molar-refractivity contribution in [2.24, 2.45) is 5.92 Å². The van der Waals surface area contributed by atoms with Crippen molar-refractivity contribution >= 4 is 5.69 Å². The molecule has 0 radical (unpaired) electrons. The normalized spacial score (nSPS) is 18.7. The van der Waals surface area contributed by atoms with Crippen molar-refractivity contribution in [2.45, 2.75) is 90.4 Å². The van der Waals surface area contributed by atoms with Gasteiger partial charge in [-0.1, -0.05) is 102 Å². The van der Waals surface area contributed by atoms with E-state index in [1.54, 1.807) is 5.56 Å². The Bertz CT molecular complexity index is 763. The van der Waals surface area contributed by atoms with Crippen molar-refractivity contribution in [3.8, 4) is 11.1 Å². The number of anilines is 1. The van der Waals surface area contributed by atoms with Crippen LogP contribution in [0.3, 0.4) is 0 Å². The van der Waals surface area contributed by atoms with Crippen LogP contribution < -0.4 is 5.73 Å². The SMILES string of the molecule is CCCCCCC1(CC(CC)CCCC)c2ccccc2-c2ccc(N)cc21. The zero-order chi connectivity index (χ0) is 20.0. The smallest absolute Gasteiger partial charge is 0.0317 e. The van der Waals surface area contributed by atoms with Crippen molar-refractivity contribution in [2.75, 3.05) is 5.73 Å². The van der Waals surface area contributed by atoms with Gasteiger partial charge in [-0.2, -0.15) is 0 Å².